The first kappa shape index (κ1) is 34.2. The summed E-state index contributed by atoms with van der Waals surface area (Å²) in [6, 6.07) is 6.86. The van der Waals surface area contributed by atoms with Crippen LogP contribution in [0.4, 0.5) is 0 Å². The molecule has 0 saturated carbocycles. The van der Waals surface area contributed by atoms with Gasteiger partial charge in [-0.05, 0) is 96.5 Å². The Morgan fingerprint density at radius 2 is 0.718 bits per heavy atom. The second-order valence-corrected chi connectivity index (χ2v) is 12.7. The highest BCUT2D eigenvalue weighted by Gasteiger charge is 2.19. The molecule has 0 bridgehead atoms. The van der Waals surface area contributed by atoms with E-state index >= 15 is 0 Å². The van der Waals surface area contributed by atoms with Gasteiger partial charge in [0.2, 0.25) is 0 Å². The normalized spacial score (nSPS) is 11.6. The highest BCUT2D eigenvalue weighted by atomic mass is 35.5. The van der Waals surface area contributed by atoms with Crippen molar-refractivity contribution in [1.29, 1.82) is 0 Å². The van der Waals surface area contributed by atoms with Crippen LogP contribution in [0.25, 0.3) is 10.8 Å². The molecule has 2 aromatic rings. The van der Waals surface area contributed by atoms with E-state index in [-0.39, 0.29) is 0 Å². The van der Waals surface area contributed by atoms with Gasteiger partial charge in [0.15, 0.2) is 0 Å². The quantitative estimate of drug-likeness (QED) is 0.113. The summed E-state index contributed by atoms with van der Waals surface area (Å²) in [5.41, 5.74) is 6.86. The molecule has 0 amide bonds. The minimum atomic E-state index is 0.907. The summed E-state index contributed by atoms with van der Waals surface area (Å²) in [4.78, 5) is 0. The molecule has 0 fully saturated rings. The van der Waals surface area contributed by atoms with Gasteiger partial charge in [0.05, 0.1) is 0 Å². The van der Waals surface area contributed by atoms with Crippen LogP contribution in [-0.4, -0.2) is 0 Å². The van der Waals surface area contributed by atoms with E-state index in [1.807, 2.05) is 0 Å². The second kappa shape index (κ2) is 21.7. The Hall–Kier alpha value is -1.01. The molecule has 0 heterocycles. The van der Waals surface area contributed by atoms with Crippen molar-refractivity contribution >= 4 is 22.4 Å². The number of rotatable bonds is 24. The molecule has 0 saturated heterocycles. The number of benzene rings is 2. The Kier molecular flexibility index (Phi) is 19.0. The van der Waals surface area contributed by atoms with Crippen LogP contribution in [0.1, 0.15) is 178 Å². The number of hydrogen-bond donors (Lipinski definition) is 0. The van der Waals surface area contributed by atoms with Crippen molar-refractivity contribution in [2.45, 2.75) is 182 Å². The summed E-state index contributed by atoms with van der Waals surface area (Å²) < 4.78 is 0. The minimum absolute atomic E-state index is 0.907. The van der Waals surface area contributed by atoms with Gasteiger partial charge in [-0.15, -0.1) is 0 Å². The number of hydrogen-bond acceptors (Lipinski definition) is 0. The van der Waals surface area contributed by atoms with Gasteiger partial charge in [-0.3, -0.25) is 0 Å². The summed E-state index contributed by atoms with van der Waals surface area (Å²) in [6.07, 6.45) is 32.2. The maximum Gasteiger partial charge on any atom is 0.0412 e. The third-order valence-corrected chi connectivity index (χ3v) is 9.08. The van der Waals surface area contributed by atoms with E-state index in [1.165, 1.54) is 165 Å². The lowest BCUT2D eigenvalue weighted by Gasteiger charge is -2.24. The molecule has 0 unspecified atom stereocenters. The summed E-state index contributed by atoms with van der Waals surface area (Å²) in [5, 5.41) is 3.92. The third kappa shape index (κ3) is 12.6. The van der Waals surface area contributed by atoms with Crippen LogP contribution >= 0.6 is 11.6 Å². The van der Waals surface area contributed by atoms with Crippen LogP contribution in [0.5, 0.6) is 0 Å². The Bertz CT molecular complexity index is 895. The lowest BCUT2D eigenvalue weighted by atomic mass is 9.81. The average molecular weight is 555 g/mol. The summed E-state index contributed by atoms with van der Waals surface area (Å²) in [7, 11) is 0. The number of halogens is 1. The van der Waals surface area contributed by atoms with Crippen LogP contribution in [0.3, 0.4) is 0 Å². The van der Waals surface area contributed by atoms with Crippen LogP contribution in [-0.2, 0) is 25.7 Å². The van der Waals surface area contributed by atoms with Gasteiger partial charge in [0.1, 0.15) is 0 Å². The Morgan fingerprint density at radius 1 is 0.385 bits per heavy atom. The van der Waals surface area contributed by atoms with Crippen molar-refractivity contribution in [2.75, 3.05) is 0 Å². The van der Waals surface area contributed by atoms with E-state index in [2.05, 4.69) is 45.9 Å². The second-order valence-electron chi connectivity index (χ2n) is 12.3. The van der Waals surface area contributed by atoms with Gasteiger partial charge >= 0.3 is 0 Å². The van der Waals surface area contributed by atoms with E-state index in [1.54, 1.807) is 22.3 Å². The molecule has 222 valence electrons. The van der Waals surface area contributed by atoms with Crippen molar-refractivity contribution in [2.24, 2.45) is 0 Å². The lowest BCUT2D eigenvalue weighted by Crippen LogP contribution is -2.09. The summed E-state index contributed by atoms with van der Waals surface area (Å²) in [5.74, 6) is 0. The van der Waals surface area contributed by atoms with Crippen molar-refractivity contribution < 1.29 is 0 Å². The highest BCUT2D eigenvalue weighted by Crippen LogP contribution is 2.37. The summed E-state index contributed by atoms with van der Waals surface area (Å²) >= 11 is 6.69. The molecule has 2 aromatic carbocycles. The molecular formula is C38H63Cl. The molecular weight excluding hydrogens is 492 g/mol. The number of aryl methyl sites for hydroxylation is 2. The van der Waals surface area contributed by atoms with Crippen LogP contribution in [0.2, 0.25) is 5.02 Å². The maximum absolute atomic E-state index is 6.69. The topological polar surface area (TPSA) is 0 Å². The fraction of sp³-hybridized carbons (Fsp3) is 0.737. The summed E-state index contributed by atoms with van der Waals surface area (Å²) in [6.45, 7) is 9.29. The SMILES string of the molecule is CCCCCCCc1c(CCCCCCC)c(CCCCCCC)c2cc(Cl)ccc2c1CCCCCCC. The van der Waals surface area contributed by atoms with Crippen LogP contribution < -0.4 is 0 Å². The van der Waals surface area contributed by atoms with Crippen LogP contribution in [0.15, 0.2) is 18.2 Å². The maximum atomic E-state index is 6.69. The van der Waals surface area contributed by atoms with E-state index in [9.17, 15) is 0 Å². The molecule has 1 heteroatoms. The van der Waals surface area contributed by atoms with Crippen LogP contribution in [0, 0.1) is 0 Å². The van der Waals surface area contributed by atoms with E-state index in [4.69, 9.17) is 11.6 Å². The first-order valence-electron chi connectivity index (χ1n) is 17.4. The van der Waals surface area contributed by atoms with Gasteiger partial charge in [0.25, 0.3) is 0 Å². The largest absolute Gasteiger partial charge is 0.0843 e. The molecule has 0 aliphatic rings. The zero-order valence-corrected chi connectivity index (χ0v) is 27.3. The molecule has 0 aromatic heterocycles. The molecule has 39 heavy (non-hydrogen) atoms. The Labute approximate surface area is 249 Å². The Balaban J connectivity index is 2.49. The van der Waals surface area contributed by atoms with Gasteiger partial charge in [-0.2, -0.15) is 0 Å². The predicted molar refractivity (Wildman–Crippen MR) is 179 cm³/mol. The molecule has 0 nitrogen and oxygen atoms in total. The van der Waals surface area contributed by atoms with Crippen molar-refractivity contribution in [3.05, 3.63) is 45.5 Å². The monoisotopic (exact) mass is 554 g/mol. The fourth-order valence-corrected chi connectivity index (χ4v) is 6.69. The molecule has 0 aliphatic carbocycles. The number of fused-ring (bicyclic) bond motifs is 1. The molecule has 2 rings (SSSR count). The lowest BCUT2D eigenvalue weighted by molar-refractivity contribution is 0.608. The highest BCUT2D eigenvalue weighted by molar-refractivity contribution is 6.31. The van der Waals surface area contributed by atoms with Gasteiger partial charge < -0.3 is 0 Å². The zero-order valence-electron chi connectivity index (χ0n) is 26.6. The van der Waals surface area contributed by atoms with E-state index in [0.29, 0.717) is 0 Å². The predicted octanol–water partition coefficient (Wildman–Crippen LogP) is 13.5. The molecule has 0 spiro atoms. The fourth-order valence-electron chi connectivity index (χ4n) is 6.51. The smallest absolute Gasteiger partial charge is 0.0412 e. The molecule has 0 aliphatic heterocycles. The van der Waals surface area contributed by atoms with Crippen molar-refractivity contribution in [1.82, 2.24) is 0 Å². The van der Waals surface area contributed by atoms with Crippen molar-refractivity contribution in [3.8, 4) is 0 Å². The molecule has 0 N–H and O–H groups in total. The number of unbranched alkanes of at least 4 members (excludes halogenated alkanes) is 16. The standard InChI is InChI=1S/C38H63Cl/c1-5-9-13-17-21-25-33-34(26-22-18-14-10-6-2)36(28-24-20-16-12-8-4)38-31-32(39)29-30-37(38)35(33)27-23-19-15-11-7-3/h29-31H,5-28H2,1-4H3. The van der Waals surface area contributed by atoms with Crippen molar-refractivity contribution in [3.63, 3.8) is 0 Å². The Morgan fingerprint density at radius 3 is 1.10 bits per heavy atom. The van der Waals surface area contributed by atoms with E-state index in [0.717, 1.165) is 5.02 Å². The third-order valence-electron chi connectivity index (χ3n) is 8.85. The first-order chi connectivity index (χ1) is 19.2. The molecule has 0 atom stereocenters. The average Bonchev–Trinajstić information content (AvgIpc) is 2.94. The van der Waals surface area contributed by atoms with Gasteiger partial charge in [-0.1, -0.05) is 148 Å². The van der Waals surface area contributed by atoms with E-state index < -0.39 is 0 Å². The van der Waals surface area contributed by atoms with Gasteiger partial charge in [-0.25, -0.2) is 0 Å². The first-order valence-corrected chi connectivity index (χ1v) is 17.8. The zero-order chi connectivity index (χ0) is 28.1. The van der Waals surface area contributed by atoms with Gasteiger partial charge in [0, 0.05) is 5.02 Å². The molecule has 0 radical (unpaired) electrons. The minimum Gasteiger partial charge on any atom is -0.0843 e.